The molecule has 0 atom stereocenters. The van der Waals surface area contributed by atoms with Crippen LogP contribution in [0.4, 0.5) is 0 Å². The molecule has 0 fully saturated rings. The van der Waals surface area contributed by atoms with E-state index in [1.54, 1.807) is 38.2 Å². The Balaban J connectivity index is 1.62. The maximum atomic E-state index is 12.6. The molecule has 1 heterocycles. The lowest BCUT2D eigenvalue weighted by atomic mass is 10.1. The van der Waals surface area contributed by atoms with Crippen molar-refractivity contribution in [3.8, 4) is 5.69 Å². The summed E-state index contributed by atoms with van der Waals surface area (Å²) in [6.07, 6.45) is 5.55. The maximum absolute atomic E-state index is 12.6. The van der Waals surface area contributed by atoms with Gasteiger partial charge in [-0.1, -0.05) is 42.1 Å². The van der Waals surface area contributed by atoms with Crippen LogP contribution >= 0.6 is 11.8 Å². The molecule has 0 bridgehead atoms. The van der Waals surface area contributed by atoms with Gasteiger partial charge in [0, 0.05) is 36.2 Å². The van der Waals surface area contributed by atoms with Gasteiger partial charge in [0.1, 0.15) is 0 Å². The Bertz CT molecular complexity index is 1140. The molecule has 9 heteroatoms. The van der Waals surface area contributed by atoms with Gasteiger partial charge in [-0.25, -0.2) is 18.1 Å². The van der Waals surface area contributed by atoms with Gasteiger partial charge in [0.2, 0.25) is 10.0 Å². The van der Waals surface area contributed by atoms with E-state index in [0.717, 1.165) is 16.4 Å². The minimum Gasteiger partial charge on any atom is -0.348 e. The van der Waals surface area contributed by atoms with Crippen LogP contribution in [0.15, 0.2) is 66.1 Å². The van der Waals surface area contributed by atoms with Gasteiger partial charge in [0.25, 0.3) is 5.91 Å². The van der Waals surface area contributed by atoms with E-state index < -0.39 is 10.0 Å². The third kappa shape index (κ3) is 6.43. The maximum Gasteiger partial charge on any atom is 0.251 e. The Hall–Kier alpha value is -2.62. The van der Waals surface area contributed by atoms with Crippen molar-refractivity contribution in [2.24, 2.45) is 0 Å². The molecule has 0 spiro atoms. The van der Waals surface area contributed by atoms with Crippen LogP contribution in [0.3, 0.4) is 0 Å². The Kier molecular flexibility index (Phi) is 7.53. The zero-order valence-corrected chi connectivity index (χ0v) is 19.3. The van der Waals surface area contributed by atoms with Crippen LogP contribution in [-0.4, -0.2) is 36.2 Å². The zero-order chi connectivity index (χ0) is 22.4. The highest BCUT2D eigenvalue weighted by molar-refractivity contribution is 7.98. The monoisotopic (exact) mass is 458 g/mol. The first kappa shape index (κ1) is 23.1. The number of thioether (sulfide) groups is 1. The molecule has 0 aliphatic heterocycles. The molecule has 164 valence electrons. The molecule has 0 saturated heterocycles. The van der Waals surface area contributed by atoms with Gasteiger partial charge in [-0.2, -0.15) is 0 Å². The molecule has 0 radical (unpaired) electrons. The first-order valence-corrected chi connectivity index (χ1v) is 12.7. The SMILES string of the molecule is CSc1nccn1-c1cccc(C(=O)NCc2ccc(CS(=O)(=O)NC(C)C)cc2)c1. The number of nitrogens with one attached hydrogen (secondary N) is 2. The van der Waals surface area contributed by atoms with Crippen LogP contribution in [0, 0.1) is 0 Å². The van der Waals surface area contributed by atoms with E-state index in [-0.39, 0.29) is 17.7 Å². The number of hydrogen-bond acceptors (Lipinski definition) is 5. The molecule has 3 rings (SSSR count). The fourth-order valence-electron chi connectivity index (χ4n) is 3.09. The largest absolute Gasteiger partial charge is 0.348 e. The van der Waals surface area contributed by atoms with Crippen molar-refractivity contribution in [2.75, 3.05) is 6.26 Å². The lowest BCUT2D eigenvalue weighted by Gasteiger charge is -2.11. The standard InChI is InChI=1S/C22H26N4O3S2/c1-16(2)25-31(28,29)15-18-9-7-17(8-10-18)14-24-21(27)19-5-4-6-20(13-19)26-12-11-23-22(26)30-3/h4-13,16,25H,14-15H2,1-3H3,(H,24,27). The minimum atomic E-state index is -3.36. The van der Waals surface area contributed by atoms with Gasteiger partial charge in [-0.3, -0.25) is 9.36 Å². The molecular formula is C22H26N4O3S2. The van der Waals surface area contributed by atoms with Gasteiger partial charge >= 0.3 is 0 Å². The summed E-state index contributed by atoms with van der Waals surface area (Å²) in [4.78, 5) is 16.9. The van der Waals surface area contributed by atoms with Crippen LogP contribution in [-0.2, 0) is 22.3 Å². The Morgan fingerprint density at radius 1 is 1.13 bits per heavy atom. The van der Waals surface area contributed by atoms with Gasteiger partial charge < -0.3 is 5.32 Å². The minimum absolute atomic E-state index is 0.0725. The number of benzene rings is 2. The Morgan fingerprint density at radius 2 is 1.84 bits per heavy atom. The fraction of sp³-hybridized carbons (Fsp3) is 0.273. The molecule has 1 amide bonds. The summed E-state index contributed by atoms with van der Waals surface area (Å²) in [5, 5.41) is 3.76. The molecule has 0 saturated carbocycles. The molecule has 0 unspecified atom stereocenters. The van der Waals surface area contributed by atoms with Crippen molar-refractivity contribution in [1.29, 1.82) is 0 Å². The van der Waals surface area contributed by atoms with Crippen LogP contribution in [0.5, 0.6) is 0 Å². The number of carbonyl (C=O) groups is 1. The van der Waals surface area contributed by atoms with Crippen molar-refractivity contribution in [1.82, 2.24) is 19.6 Å². The fourth-order valence-corrected chi connectivity index (χ4v) is 5.05. The third-order valence-electron chi connectivity index (χ3n) is 4.42. The summed E-state index contributed by atoms with van der Waals surface area (Å²) in [6, 6.07) is 14.4. The van der Waals surface area contributed by atoms with Gasteiger partial charge in [-0.15, -0.1) is 0 Å². The number of nitrogens with zero attached hydrogens (tertiary/aromatic N) is 2. The number of amides is 1. The zero-order valence-electron chi connectivity index (χ0n) is 17.7. The van der Waals surface area contributed by atoms with E-state index in [9.17, 15) is 13.2 Å². The number of carbonyl (C=O) groups excluding carboxylic acids is 1. The second-order valence-electron chi connectivity index (χ2n) is 7.37. The normalized spacial score (nSPS) is 11.6. The number of imidazole rings is 1. The third-order valence-corrected chi connectivity index (χ3v) is 6.64. The lowest BCUT2D eigenvalue weighted by Crippen LogP contribution is -2.31. The molecule has 0 aliphatic rings. The quantitative estimate of drug-likeness (QED) is 0.480. The summed E-state index contributed by atoms with van der Waals surface area (Å²) in [5.41, 5.74) is 3.01. The summed E-state index contributed by atoms with van der Waals surface area (Å²) in [7, 11) is -3.36. The molecule has 1 aromatic heterocycles. The number of aromatic nitrogens is 2. The van der Waals surface area contributed by atoms with Gasteiger partial charge in [0.15, 0.2) is 5.16 Å². The lowest BCUT2D eigenvalue weighted by molar-refractivity contribution is 0.0951. The van der Waals surface area contributed by atoms with E-state index in [0.29, 0.717) is 17.7 Å². The van der Waals surface area contributed by atoms with Crippen molar-refractivity contribution in [3.05, 3.63) is 77.6 Å². The summed E-state index contributed by atoms with van der Waals surface area (Å²) < 4.78 is 28.6. The number of rotatable bonds is 9. The van der Waals surface area contributed by atoms with E-state index >= 15 is 0 Å². The second kappa shape index (κ2) is 10.1. The Morgan fingerprint density at radius 3 is 2.52 bits per heavy atom. The van der Waals surface area contributed by atoms with E-state index in [2.05, 4.69) is 15.0 Å². The average molecular weight is 459 g/mol. The number of sulfonamides is 1. The molecule has 0 aliphatic carbocycles. The summed E-state index contributed by atoms with van der Waals surface area (Å²) >= 11 is 1.54. The first-order valence-electron chi connectivity index (χ1n) is 9.81. The topological polar surface area (TPSA) is 93.1 Å². The van der Waals surface area contributed by atoms with Gasteiger partial charge in [0.05, 0.1) is 5.75 Å². The van der Waals surface area contributed by atoms with Gasteiger partial charge in [-0.05, 0) is 49.4 Å². The summed E-state index contributed by atoms with van der Waals surface area (Å²) in [6.45, 7) is 3.92. The second-order valence-corrected chi connectivity index (χ2v) is 9.89. The Labute approximate surface area is 187 Å². The first-order chi connectivity index (χ1) is 14.8. The highest BCUT2D eigenvalue weighted by atomic mass is 32.2. The number of hydrogen-bond donors (Lipinski definition) is 2. The molecule has 31 heavy (non-hydrogen) atoms. The van der Waals surface area contributed by atoms with Crippen LogP contribution in [0.2, 0.25) is 0 Å². The highest BCUT2D eigenvalue weighted by Crippen LogP contribution is 2.19. The van der Waals surface area contributed by atoms with Crippen molar-refractivity contribution in [3.63, 3.8) is 0 Å². The highest BCUT2D eigenvalue weighted by Gasteiger charge is 2.13. The molecule has 3 aromatic rings. The van der Waals surface area contributed by atoms with Crippen LogP contribution in [0.25, 0.3) is 5.69 Å². The molecule has 2 aromatic carbocycles. The van der Waals surface area contributed by atoms with E-state index in [4.69, 9.17) is 0 Å². The van der Waals surface area contributed by atoms with Crippen LogP contribution < -0.4 is 10.0 Å². The summed E-state index contributed by atoms with van der Waals surface area (Å²) in [5.74, 6) is -0.253. The van der Waals surface area contributed by atoms with Crippen molar-refractivity contribution < 1.29 is 13.2 Å². The molecular weight excluding hydrogens is 432 g/mol. The van der Waals surface area contributed by atoms with Crippen molar-refractivity contribution >= 4 is 27.7 Å². The predicted octanol–water partition coefficient (Wildman–Crippen LogP) is 3.35. The van der Waals surface area contributed by atoms with E-state index in [1.807, 2.05) is 47.4 Å². The van der Waals surface area contributed by atoms with Crippen LogP contribution in [0.1, 0.15) is 35.3 Å². The average Bonchev–Trinajstić information content (AvgIpc) is 3.21. The molecule has 2 N–H and O–H groups in total. The van der Waals surface area contributed by atoms with Crippen molar-refractivity contribution in [2.45, 2.75) is 37.3 Å². The van der Waals surface area contributed by atoms with E-state index in [1.165, 1.54) is 11.8 Å². The predicted molar refractivity (Wildman–Crippen MR) is 124 cm³/mol. The molecule has 7 nitrogen and oxygen atoms in total. The smallest absolute Gasteiger partial charge is 0.251 e.